The van der Waals surface area contributed by atoms with Gasteiger partial charge in [-0.1, -0.05) is 296 Å². The van der Waals surface area contributed by atoms with E-state index >= 15 is 0 Å². The highest BCUT2D eigenvalue weighted by atomic mass is 16.6. The van der Waals surface area contributed by atoms with Crippen molar-refractivity contribution in [2.24, 2.45) is 0 Å². The van der Waals surface area contributed by atoms with Crippen molar-refractivity contribution in [2.75, 3.05) is 13.2 Å². The molecule has 0 saturated heterocycles. The van der Waals surface area contributed by atoms with Gasteiger partial charge in [-0.2, -0.15) is 0 Å². The van der Waals surface area contributed by atoms with Crippen LogP contribution >= 0.6 is 0 Å². The summed E-state index contributed by atoms with van der Waals surface area (Å²) in [7, 11) is 0. The van der Waals surface area contributed by atoms with Crippen LogP contribution < -0.4 is 0 Å². The second-order valence-corrected chi connectivity index (χ2v) is 21.0. The van der Waals surface area contributed by atoms with E-state index in [4.69, 9.17) is 14.2 Å². The summed E-state index contributed by atoms with van der Waals surface area (Å²) in [5.74, 6) is -0.841. The number of unbranched alkanes of at least 4 members (excludes halogenated alkanes) is 44. The molecular weight excluding hydrogens is 841 g/mol. The molecule has 0 spiro atoms. The topological polar surface area (TPSA) is 78.9 Å². The number of hydrogen-bond acceptors (Lipinski definition) is 6. The lowest BCUT2D eigenvalue weighted by atomic mass is 10.0. The fourth-order valence-electron chi connectivity index (χ4n) is 9.38. The van der Waals surface area contributed by atoms with E-state index < -0.39 is 6.10 Å². The maximum Gasteiger partial charge on any atom is 0.306 e. The third-order valence-corrected chi connectivity index (χ3v) is 14.0. The van der Waals surface area contributed by atoms with Crippen molar-refractivity contribution in [3.05, 3.63) is 12.2 Å². The van der Waals surface area contributed by atoms with E-state index in [-0.39, 0.29) is 31.1 Å². The summed E-state index contributed by atoms with van der Waals surface area (Å²) in [6.07, 6.45) is 66.3. The van der Waals surface area contributed by atoms with Crippen LogP contribution in [-0.4, -0.2) is 37.2 Å². The van der Waals surface area contributed by atoms with Crippen molar-refractivity contribution in [2.45, 2.75) is 354 Å². The Morgan fingerprint density at radius 1 is 0.279 bits per heavy atom. The van der Waals surface area contributed by atoms with Crippen molar-refractivity contribution in [1.29, 1.82) is 0 Å². The second-order valence-electron chi connectivity index (χ2n) is 21.0. The molecule has 0 aromatic heterocycles. The first-order valence-electron chi connectivity index (χ1n) is 30.7. The number of ether oxygens (including phenoxy) is 3. The minimum atomic E-state index is -0.766. The number of allylic oxidation sites excluding steroid dienone is 2. The van der Waals surface area contributed by atoms with E-state index in [1.54, 1.807) is 0 Å². The van der Waals surface area contributed by atoms with Crippen LogP contribution in [0.15, 0.2) is 12.2 Å². The molecule has 0 amide bonds. The maximum atomic E-state index is 12.9. The number of esters is 3. The normalized spacial score (nSPS) is 12.0. The Morgan fingerprint density at radius 2 is 0.485 bits per heavy atom. The third kappa shape index (κ3) is 55.1. The average Bonchev–Trinajstić information content (AvgIpc) is 3.34. The van der Waals surface area contributed by atoms with Crippen LogP contribution in [0.3, 0.4) is 0 Å². The van der Waals surface area contributed by atoms with Crippen LogP contribution in [0.25, 0.3) is 0 Å². The standard InChI is InChI=1S/C62H118O6/c1-4-7-10-13-16-19-22-25-28-30-32-34-37-40-43-46-49-52-55-61(64)67-58-59(57-66-60(63)54-51-48-45-42-39-36-27-24-21-18-15-12-9-6-3)68-62(65)56-53-50-47-44-41-38-35-33-31-29-26-23-20-17-14-11-8-5-2/h28,30,59H,4-27,29,31-58H2,1-3H3/b30-28-. The van der Waals surface area contributed by atoms with Crippen LogP contribution in [-0.2, 0) is 28.6 Å². The van der Waals surface area contributed by atoms with Gasteiger partial charge >= 0.3 is 17.9 Å². The zero-order chi connectivity index (χ0) is 49.3. The van der Waals surface area contributed by atoms with Crippen molar-refractivity contribution in [1.82, 2.24) is 0 Å². The first-order valence-corrected chi connectivity index (χ1v) is 30.7. The lowest BCUT2D eigenvalue weighted by Crippen LogP contribution is -2.30. The first-order chi connectivity index (χ1) is 33.5. The molecule has 0 N–H and O–H groups in total. The van der Waals surface area contributed by atoms with E-state index in [0.717, 1.165) is 57.8 Å². The highest BCUT2D eigenvalue weighted by molar-refractivity contribution is 5.71. The molecule has 0 aliphatic rings. The highest BCUT2D eigenvalue weighted by Gasteiger charge is 2.19. The zero-order valence-corrected chi connectivity index (χ0v) is 46.2. The van der Waals surface area contributed by atoms with E-state index in [1.807, 2.05) is 0 Å². The van der Waals surface area contributed by atoms with Crippen LogP contribution in [0.1, 0.15) is 348 Å². The van der Waals surface area contributed by atoms with Crippen molar-refractivity contribution < 1.29 is 28.6 Å². The molecule has 0 aromatic carbocycles. The SMILES string of the molecule is CCCCCCCCC/C=C\CCCCCCCCCC(=O)OCC(COC(=O)CCCCCCCCCCCCCCCC)OC(=O)CCCCCCCCCCCCCCCCCCCC. The monoisotopic (exact) mass is 959 g/mol. The van der Waals surface area contributed by atoms with E-state index in [2.05, 4.69) is 32.9 Å². The van der Waals surface area contributed by atoms with Gasteiger partial charge in [0.15, 0.2) is 6.10 Å². The van der Waals surface area contributed by atoms with Gasteiger partial charge in [0.2, 0.25) is 0 Å². The third-order valence-electron chi connectivity index (χ3n) is 14.0. The summed E-state index contributed by atoms with van der Waals surface area (Å²) in [4.78, 5) is 38.2. The minimum absolute atomic E-state index is 0.0649. The predicted octanol–water partition coefficient (Wildman–Crippen LogP) is 20.5. The van der Waals surface area contributed by atoms with Crippen molar-refractivity contribution >= 4 is 17.9 Å². The van der Waals surface area contributed by atoms with E-state index in [0.29, 0.717) is 19.3 Å². The van der Waals surface area contributed by atoms with Crippen LogP contribution in [0.5, 0.6) is 0 Å². The summed E-state index contributed by atoms with van der Waals surface area (Å²) in [5.41, 5.74) is 0. The van der Waals surface area contributed by atoms with Gasteiger partial charge in [-0.15, -0.1) is 0 Å². The smallest absolute Gasteiger partial charge is 0.306 e. The Morgan fingerprint density at radius 3 is 0.735 bits per heavy atom. The van der Waals surface area contributed by atoms with Gasteiger partial charge in [-0.25, -0.2) is 0 Å². The fourth-order valence-corrected chi connectivity index (χ4v) is 9.38. The molecule has 0 aliphatic carbocycles. The Labute approximate surface area is 424 Å². The molecule has 0 fully saturated rings. The lowest BCUT2D eigenvalue weighted by Gasteiger charge is -2.18. The first kappa shape index (κ1) is 66.2. The number of carbonyl (C=O) groups is 3. The van der Waals surface area contributed by atoms with Gasteiger partial charge < -0.3 is 14.2 Å². The molecule has 0 saturated carbocycles. The maximum absolute atomic E-state index is 12.9. The molecule has 0 rings (SSSR count). The van der Waals surface area contributed by atoms with Gasteiger partial charge in [0, 0.05) is 19.3 Å². The molecule has 68 heavy (non-hydrogen) atoms. The average molecular weight is 960 g/mol. The Hall–Kier alpha value is -1.85. The quantitative estimate of drug-likeness (QED) is 0.0262. The molecule has 6 heteroatoms. The molecule has 6 nitrogen and oxygen atoms in total. The van der Waals surface area contributed by atoms with Gasteiger partial charge in [0.1, 0.15) is 13.2 Å². The van der Waals surface area contributed by atoms with E-state index in [9.17, 15) is 14.4 Å². The summed E-state index contributed by atoms with van der Waals surface area (Å²) >= 11 is 0. The molecular formula is C62H118O6. The number of hydrogen-bond donors (Lipinski definition) is 0. The Bertz CT molecular complexity index is 1060. The largest absolute Gasteiger partial charge is 0.462 e. The van der Waals surface area contributed by atoms with Gasteiger partial charge in [0.05, 0.1) is 0 Å². The zero-order valence-electron chi connectivity index (χ0n) is 46.2. The van der Waals surface area contributed by atoms with Gasteiger partial charge in [-0.3, -0.25) is 14.4 Å². The molecule has 0 bridgehead atoms. The van der Waals surface area contributed by atoms with Gasteiger partial charge in [0.25, 0.3) is 0 Å². The summed E-state index contributed by atoms with van der Waals surface area (Å²) < 4.78 is 16.9. The second kappa shape index (κ2) is 57.7. The van der Waals surface area contributed by atoms with Crippen LogP contribution in [0.4, 0.5) is 0 Å². The predicted molar refractivity (Wildman–Crippen MR) is 293 cm³/mol. The fraction of sp³-hybridized carbons (Fsp3) is 0.919. The Kier molecular flexibility index (Phi) is 56.2. The summed E-state index contributed by atoms with van der Waals surface area (Å²) in [6.45, 7) is 6.70. The highest BCUT2D eigenvalue weighted by Crippen LogP contribution is 2.18. The Balaban J connectivity index is 4.30. The number of carbonyl (C=O) groups excluding carboxylic acids is 3. The molecule has 402 valence electrons. The molecule has 1 atom stereocenters. The van der Waals surface area contributed by atoms with Crippen LogP contribution in [0, 0.1) is 0 Å². The molecule has 0 aromatic rings. The van der Waals surface area contributed by atoms with Gasteiger partial charge in [-0.05, 0) is 44.9 Å². The van der Waals surface area contributed by atoms with Crippen molar-refractivity contribution in [3.8, 4) is 0 Å². The molecule has 0 heterocycles. The lowest BCUT2D eigenvalue weighted by molar-refractivity contribution is -0.167. The van der Waals surface area contributed by atoms with Crippen molar-refractivity contribution in [3.63, 3.8) is 0 Å². The van der Waals surface area contributed by atoms with E-state index in [1.165, 1.54) is 250 Å². The molecule has 0 aliphatic heterocycles. The summed E-state index contributed by atoms with van der Waals surface area (Å²) in [6, 6.07) is 0. The summed E-state index contributed by atoms with van der Waals surface area (Å²) in [5, 5.41) is 0. The minimum Gasteiger partial charge on any atom is -0.462 e. The number of rotatable bonds is 57. The molecule has 1 unspecified atom stereocenters. The van der Waals surface area contributed by atoms with Crippen LogP contribution in [0.2, 0.25) is 0 Å². The molecule has 0 radical (unpaired) electrons.